The zero-order valence-electron chi connectivity index (χ0n) is 16.4. The predicted molar refractivity (Wildman–Crippen MR) is 110 cm³/mol. The van der Waals surface area contributed by atoms with Crippen molar-refractivity contribution in [1.82, 2.24) is 15.2 Å². The molecule has 0 bridgehead atoms. The summed E-state index contributed by atoms with van der Waals surface area (Å²) < 4.78 is 13.4. The van der Waals surface area contributed by atoms with Crippen molar-refractivity contribution in [1.29, 1.82) is 0 Å². The molecule has 1 aliphatic rings. The molecular weight excluding hydrogens is 371 g/mol. The van der Waals surface area contributed by atoms with Gasteiger partial charge in [0.2, 0.25) is 11.8 Å². The number of hydrogen-bond donors (Lipinski definition) is 2. The van der Waals surface area contributed by atoms with Crippen molar-refractivity contribution in [2.75, 3.05) is 25.0 Å². The molecule has 2 N–H and O–H groups in total. The number of nitrogens with zero attached hydrogens (tertiary/aromatic N) is 2. The van der Waals surface area contributed by atoms with Gasteiger partial charge >= 0.3 is 0 Å². The van der Waals surface area contributed by atoms with Crippen LogP contribution in [0.4, 0.5) is 10.1 Å². The lowest BCUT2D eigenvalue weighted by molar-refractivity contribution is -0.122. The summed E-state index contributed by atoms with van der Waals surface area (Å²) in [5.74, 6) is -0.768. The normalized spacial score (nSPS) is 19.1. The van der Waals surface area contributed by atoms with Crippen LogP contribution < -0.4 is 10.6 Å². The monoisotopic (exact) mass is 398 g/mol. The summed E-state index contributed by atoms with van der Waals surface area (Å²) in [5, 5.41) is 5.71. The number of anilines is 1. The van der Waals surface area contributed by atoms with Gasteiger partial charge in [0, 0.05) is 50.1 Å². The maximum Gasteiger partial charge on any atom is 0.227 e. The van der Waals surface area contributed by atoms with E-state index in [0.29, 0.717) is 38.0 Å². The number of nitrogens with one attached hydrogen (secondary N) is 2. The van der Waals surface area contributed by atoms with E-state index in [1.165, 1.54) is 12.1 Å². The van der Waals surface area contributed by atoms with E-state index in [1.807, 2.05) is 18.3 Å². The maximum absolute atomic E-state index is 13.4. The fraction of sp³-hybridized carbons (Fsp3) is 0.409. The van der Waals surface area contributed by atoms with Crippen LogP contribution in [-0.2, 0) is 16.1 Å². The molecule has 3 rings (SSSR count). The summed E-state index contributed by atoms with van der Waals surface area (Å²) >= 11 is 0. The Bertz CT molecular complexity index is 815. The molecule has 1 aromatic carbocycles. The summed E-state index contributed by atoms with van der Waals surface area (Å²) in [7, 11) is 0. The van der Waals surface area contributed by atoms with Crippen molar-refractivity contribution in [3.05, 3.63) is 60.2 Å². The molecule has 1 aromatic heterocycles. The Balaban J connectivity index is 1.61. The van der Waals surface area contributed by atoms with Crippen LogP contribution in [0, 0.1) is 11.7 Å². The van der Waals surface area contributed by atoms with Gasteiger partial charge in [-0.25, -0.2) is 4.39 Å². The Morgan fingerprint density at radius 3 is 2.93 bits per heavy atom. The van der Waals surface area contributed by atoms with Gasteiger partial charge in [-0.2, -0.15) is 0 Å². The highest BCUT2D eigenvalue weighted by molar-refractivity contribution is 5.92. The summed E-state index contributed by atoms with van der Waals surface area (Å²) in [6.07, 6.45) is 6.12. The van der Waals surface area contributed by atoms with Gasteiger partial charge in [0.25, 0.3) is 0 Å². The molecule has 2 amide bonds. The Kier molecular flexibility index (Phi) is 7.69. The molecule has 29 heavy (non-hydrogen) atoms. The number of carbonyl (C=O) groups excluding carboxylic acids is 2. The van der Waals surface area contributed by atoms with E-state index in [1.54, 1.807) is 18.3 Å². The minimum Gasteiger partial charge on any atom is -0.356 e. The van der Waals surface area contributed by atoms with Gasteiger partial charge in [0.05, 0.1) is 0 Å². The third kappa shape index (κ3) is 6.94. The molecule has 1 unspecified atom stereocenters. The lowest BCUT2D eigenvalue weighted by Gasteiger charge is -2.22. The topological polar surface area (TPSA) is 74.3 Å². The largest absolute Gasteiger partial charge is 0.356 e. The van der Waals surface area contributed by atoms with Crippen LogP contribution >= 0.6 is 0 Å². The minimum absolute atomic E-state index is 0.00706. The summed E-state index contributed by atoms with van der Waals surface area (Å²) in [6, 6.07) is 9.81. The molecule has 6 nitrogen and oxygen atoms in total. The average Bonchev–Trinajstić information content (AvgIpc) is 2.74. The molecular formula is C22H27FN4O2. The molecule has 1 saturated heterocycles. The zero-order chi connectivity index (χ0) is 20.5. The number of hydrogen-bond acceptors (Lipinski definition) is 4. The van der Waals surface area contributed by atoms with Crippen LogP contribution in [0.5, 0.6) is 0 Å². The molecule has 0 saturated carbocycles. The van der Waals surface area contributed by atoms with Crippen LogP contribution in [0.15, 0.2) is 48.8 Å². The second-order valence-electron chi connectivity index (χ2n) is 7.36. The molecule has 0 aliphatic carbocycles. The van der Waals surface area contributed by atoms with Crippen molar-refractivity contribution in [2.45, 2.75) is 32.2 Å². The molecule has 0 spiro atoms. The van der Waals surface area contributed by atoms with Crippen molar-refractivity contribution >= 4 is 17.5 Å². The van der Waals surface area contributed by atoms with E-state index in [4.69, 9.17) is 0 Å². The minimum atomic E-state index is -0.386. The number of benzene rings is 1. The van der Waals surface area contributed by atoms with E-state index in [-0.39, 0.29) is 23.5 Å². The van der Waals surface area contributed by atoms with Gasteiger partial charge in [-0.05, 0) is 55.6 Å². The fourth-order valence-electron chi connectivity index (χ4n) is 3.53. The van der Waals surface area contributed by atoms with E-state index in [0.717, 1.165) is 25.1 Å². The third-order valence-corrected chi connectivity index (χ3v) is 5.09. The average molecular weight is 398 g/mol. The number of pyridine rings is 1. The number of carbonyl (C=O) groups is 2. The molecule has 154 valence electrons. The van der Waals surface area contributed by atoms with Gasteiger partial charge in [-0.1, -0.05) is 12.1 Å². The van der Waals surface area contributed by atoms with Crippen molar-refractivity contribution in [3.63, 3.8) is 0 Å². The number of amides is 2. The van der Waals surface area contributed by atoms with Crippen LogP contribution in [0.1, 0.15) is 31.2 Å². The highest BCUT2D eigenvalue weighted by Gasteiger charge is 2.21. The Morgan fingerprint density at radius 2 is 2.14 bits per heavy atom. The highest BCUT2D eigenvalue weighted by atomic mass is 19.1. The van der Waals surface area contributed by atoms with Crippen LogP contribution in [-0.4, -0.2) is 41.3 Å². The molecule has 1 aliphatic heterocycles. The van der Waals surface area contributed by atoms with Crippen molar-refractivity contribution in [3.8, 4) is 0 Å². The second kappa shape index (κ2) is 10.7. The lowest BCUT2D eigenvalue weighted by Crippen LogP contribution is -2.31. The Labute approximate surface area is 170 Å². The molecule has 2 heterocycles. The first-order chi connectivity index (χ1) is 14.1. The molecule has 0 radical (unpaired) electrons. The van der Waals surface area contributed by atoms with Gasteiger partial charge in [0.1, 0.15) is 5.82 Å². The van der Waals surface area contributed by atoms with Gasteiger partial charge in [-0.15, -0.1) is 0 Å². The first kappa shape index (κ1) is 20.9. The standard InChI is InChI=1S/C22H27FN4O2/c23-19-6-1-7-20(14-19)26-22(29)18-5-3-12-27(13-9-21(28)25-11-8-18)16-17-4-2-10-24-15-17/h1-2,4,6-7,10,14-15,18H,3,5,8-9,11-13,16H2,(H,25,28)(H,26,29). The number of aromatic nitrogens is 1. The predicted octanol–water partition coefficient (Wildman–Crippen LogP) is 2.97. The van der Waals surface area contributed by atoms with Crippen LogP contribution in [0.2, 0.25) is 0 Å². The first-order valence-electron chi connectivity index (χ1n) is 10.0. The van der Waals surface area contributed by atoms with Gasteiger partial charge in [-0.3, -0.25) is 19.5 Å². The Hall–Kier alpha value is -2.80. The molecule has 7 heteroatoms. The van der Waals surface area contributed by atoms with E-state index < -0.39 is 0 Å². The Morgan fingerprint density at radius 1 is 1.24 bits per heavy atom. The van der Waals surface area contributed by atoms with Gasteiger partial charge in [0.15, 0.2) is 0 Å². The summed E-state index contributed by atoms with van der Waals surface area (Å²) in [6.45, 7) is 2.65. The van der Waals surface area contributed by atoms with Gasteiger partial charge < -0.3 is 10.6 Å². The summed E-state index contributed by atoms with van der Waals surface area (Å²) in [5.41, 5.74) is 1.55. The molecule has 1 fully saturated rings. The quantitative estimate of drug-likeness (QED) is 0.830. The van der Waals surface area contributed by atoms with Crippen LogP contribution in [0.25, 0.3) is 0 Å². The van der Waals surface area contributed by atoms with E-state index in [2.05, 4.69) is 20.5 Å². The third-order valence-electron chi connectivity index (χ3n) is 5.09. The SMILES string of the molecule is O=C1CCN(Cc2cccnc2)CCCC(C(=O)Nc2cccc(F)c2)CCN1. The van der Waals surface area contributed by atoms with Crippen molar-refractivity contribution < 1.29 is 14.0 Å². The van der Waals surface area contributed by atoms with Crippen LogP contribution in [0.3, 0.4) is 0 Å². The fourth-order valence-corrected chi connectivity index (χ4v) is 3.53. The maximum atomic E-state index is 13.4. The summed E-state index contributed by atoms with van der Waals surface area (Å²) in [4.78, 5) is 31.2. The molecule has 1 atom stereocenters. The van der Waals surface area contributed by atoms with E-state index in [9.17, 15) is 14.0 Å². The second-order valence-corrected chi connectivity index (χ2v) is 7.36. The first-order valence-corrected chi connectivity index (χ1v) is 10.0. The number of halogens is 1. The smallest absolute Gasteiger partial charge is 0.227 e. The number of rotatable bonds is 4. The lowest BCUT2D eigenvalue weighted by atomic mass is 9.98. The van der Waals surface area contributed by atoms with Crippen molar-refractivity contribution in [2.24, 2.45) is 5.92 Å². The van der Waals surface area contributed by atoms with E-state index >= 15 is 0 Å². The molecule has 2 aromatic rings. The highest BCUT2D eigenvalue weighted by Crippen LogP contribution is 2.18. The zero-order valence-corrected chi connectivity index (χ0v) is 16.4.